The maximum Gasteiger partial charge on any atom is 0.294 e. The highest BCUT2D eigenvalue weighted by atomic mass is 32.2. The van der Waals surface area contributed by atoms with Gasteiger partial charge in [-0.3, -0.25) is 23.4 Å². The van der Waals surface area contributed by atoms with E-state index in [2.05, 4.69) is 18.0 Å². The molecule has 0 amide bonds. The van der Waals surface area contributed by atoms with Crippen molar-refractivity contribution in [3.05, 3.63) is 130 Å². The highest BCUT2D eigenvalue weighted by molar-refractivity contribution is 8.03. The first-order chi connectivity index (χ1) is 28.9. The zero-order valence-corrected chi connectivity index (χ0v) is 36.2. The Kier molecular flexibility index (Phi) is 11.1. The van der Waals surface area contributed by atoms with Crippen molar-refractivity contribution in [3.8, 4) is 0 Å². The summed E-state index contributed by atoms with van der Waals surface area (Å²) in [6.45, 7) is 0.568. The molecule has 0 saturated carbocycles. The number of pyridine rings is 1. The molecule has 2 bridgehead atoms. The number of anilines is 2. The van der Waals surface area contributed by atoms with Crippen LogP contribution in [0.5, 0.6) is 0 Å². The van der Waals surface area contributed by atoms with Crippen molar-refractivity contribution in [2.24, 2.45) is 7.05 Å². The summed E-state index contributed by atoms with van der Waals surface area (Å²) in [7, 11) is -8.13. The van der Waals surface area contributed by atoms with E-state index in [9.17, 15) is 43.7 Å². The van der Waals surface area contributed by atoms with E-state index in [1.807, 2.05) is 54.1 Å². The van der Waals surface area contributed by atoms with Crippen LogP contribution in [0, 0.1) is 0 Å². The molecule has 2 atom stereocenters. The Bertz CT molecular complexity index is 3070. The molecule has 18 heteroatoms. The van der Waals surface area contributed by atoms with Crippen LogP contribution in [0.2, 0.25) is 0 Å². The summed E-state index contributed by atoms with van der Waals surface area (Å²) in [6, 6.07) is 20.7. The average molecular weight is 903 g/mol. The van der Waals surface area contributed by atoms with E-state index in [-0.39, 0.29) is 33.4 Å². The second-order valence-corrected chi connectivity index (χ2v) is 20.3. The van der Waals surface area contributed by atoms with Gasteiger partial charge in [0, 0.05) is 58.6 Å². The van der Waals surface area contributed by atoms with Crippen molar-refractivity contribution < 1.29 is 53.0 Å². The molecule has 3 N–H and O–H groups in total. The van der Waals surface area contributed by atoms with Crippen LogP contribution < -0.4 is 9.47 Å². The summed E-state index contributed by atoms with van der Waals surface area (Å²) in [6.07, 6.45) is 9.67. The molecule has 316 valence electrons. The van der Waals surface area contributed by atoms with Crippen molar-refractivity contribution in [2.45, 2.75) is 39.6 Å². The first-order valence-electron chi connectivity index (χ1n) is 18.9. The minimum Gasteiger partial charge on any atom is -0.467 e. The molecule has 4 heterocycles. The Morgan fingerprint density at radius 1 is 0.738 bits per heavy atom. The predicted molar refractivity (Wildman–Crippen MR) is 233 cm³/mol. The van der Waals surface area contributed by atoms with E-state index >= 15 is 0 Å². The number of carbonyl (C=O) groups excluding carboxylic acids is 1. The van der Waals surface area contributed by atoms with E-state index in [1.165, 1.54) is 36.4 Å². The smallest absolute Gasteiger partial charge is 0.294 e. The van der Waals surface area contributed by atoms with Gasteiger partial charge in [-0.05, 0) is 79.1 Å². The van der Waals surface area contributed by atoms with Crippen LogP contribution >= 0.6 is 11.8 Å². The van der Waals surface area contributed by atoms with Crippen molar-refractivity contribution in [2.75, 3.05) is 31.4 Å². The maximum absolute atomic E-state index is 12.2. The van der Waals surface area contributed by atoms with Crippen LogP contribution in [-0.4, -0.2) is 88.8 Å². The lowest BCUT2D eigenvalue weighted by Gasteiger charge is -2.36. The lowest BCUT2D eigenvalue weighted by atomic mass is 9.89. The Morgan fingerprint density at radius 2 is 1.31 bits per heavy atom. The molecular weight excluding hydrogens is 863 g/mol. The van der Waals surface area contributed by atoms with Gasteiger partial charge in [-0.1, -0.05) is 48.6 Å². The van der Waals surface area contributed by atoms with Gasteiger partial charge in [0.05, 0.1) is 31.9 Å². The summed E-state index contributed by atoms with van der Waals surface area (Å²) < 4.78 is 110. The number of carbonyl (C=O) groups is 1. The summed E-state index contributed by atoms with van der Waals surface area (Å²) in [5.41, 5.74) is 6.87. The zero-order valence-electron chi connectivity index (χ0n) is 33.0. The second-order valence-electron chi connectivity index (χ2n) is 14.9. The molecule has 2 unspecified atom stereocenters. The molecular formula is C43H40N3O11S4+. The number of thioether (sulfide) groups is 1. The van der Waals surface area contributed by atoms with Crippen LogP contribution in [0.4, 0.5) is 11.4 Å². The maximum atomic E-state index is 12.2. The molecule has 1 fully saturated rings. The second kappa shape index (κ2) is 15.9. The fraction of sp³-hybridized carbons (Fsp3) is 0.209. The van der Waals surface area contributed by atoms with Gasteiger partial charge in [-0.2, -0.15) is 29.8 Å². The number of aromatic nitrogens is 1. The van der Waals surface area contributed by atoms with Crippen LogP contribution in [0.3, 0.4) is 0 Å². The Hall–Kier alpha value is -5.18. The third-order valence-corrected chi connectivity index (χ3v) is 15.3. The summed E-state index contributed by atoms with van der Waals surface area (Å²) in [4.78, 5) is 15.1. The van der Waals surface area contributed by atoms with Gasteiger partial charge < -0.3 is 9.64 Å². The van der Waals surface area contributed by atoms with Gasteiger partial charge in [0.1, 0.15) is 18.6 Å². The van der Waals surface area contributed by atoms with E-state index in [0.717, 1.165) is 50.7 Å². The lowest BCUT2D eigenvalue weighted by Crippen LogP contribution is -2.39. The minimum absolute atomic E-state index is 0.0150. The zero-order chi connectivity index (χ0) is 43.6. The standard InChI is InChI=1S/C43H39N3O11S4/c1-44-38-18-19-39(44)36(17-15-30-33-12-9-27(60(51,52)53)23-41(33)46(3)42-24-28(61(54,55)56)10-13-34(30)42)43(58-21-20-57-25-47)35(38)16-14-29-31-6-4-5-7-37(31)45(2)40-22-26(59(48,49)50)8-11-32(29)40/h4-17,22-25,38-39H,18-21H2,1-3H3,(H2-,48,49,50,51,52,53,54,55,56)/p+1. The molecule has 3 aliphatic heterocycles. The number of para-hydroxylation sites is 1. The number of benzene rings is 4. The van der Waals surface area contributed by atoms with Gasteiger partial charge in [0.15, 0.2) is 0 Å². The Labute approximate surface area is 357 Å². The van der Waals surface area contributed by atoms with Crippen molar-refractivity contribution in [1.82, 2.24) is 4.90 Å². The van der Waals surface area contributed by atoms with E-state index in [1.54, 1.807) is 41.9 Å². The van der Waals surface area contributed by atoms with Crippen LogP contribution in [-0.2, 0) is 46.9 Å². The first kappa shape index (κ1) is 42.5. The van der Waals surface area contributed by atoms with Crippen LogP contribution in [0.15, 0.2) is 128 Å². The number of fused-ring (bicyclic) bond motifs is 6. The van der Waals surface area contributed by atoms with E-state index in [4.69, 9.17) is 4.74 Å². The number of hydrogen-bond acceptors (Lipinski definition) is 11. The van der Waals surface area contributed by atoms with Crippen molar-refractivity contribution >= 4 is 93.4 Å². The molecule has 8 rings (SSSR count). The highest BCUT2D eigenvalue weighted by Crippen LogP contribution is 2.49. The number of aryl methyl sites for hydroxylation is 1. The molecule has 5 aromatic rings. The van der Waals surface area contributed by atoms with Gasteiger partial charge in [0.2, 0.25) is 11.0 Å². The van der Waals surface area contributed by atoms with Crippen LogP contribution in [0.1, 0.15) is 29.5 Å². The summed E-state index contributed by atoms with van der Waals surface area (Å²) in [5, 5.41) is 1.69. The number of likely N-dealkylation sites (N-methyl/N-ethyl adjacent to an activating group) is 1. The summed E-state index contributed by atoms with van der Waals surface area (Å²) >= 11 is 1.54. The van der Waals surface area contributed by atoms with Gasteiger partial charge in [-0.15, -0.1) is 11.8 Å². The Balaban J connectivity index is 1.34. The van der Waals surface area contributed by atoms with Gasteiger partial charge in [-0.25, -0.2) is 0 Å². The number of ether oxygens (including phenoxy) is 1. The SMILES string of the molecule is CN1c2cc(S(=O)(=O)O)ccc2C(=C/C=C2C(SCCOC=O)=C(/C=C/c3c4ccccc4[n+](C)c4cc(S(=O)(=O)O)ccc34)C3CCC/2N3C)c2ccc(S(=O)(=O)O)cc21. The van der Waals surface area contributed by atoms with Crippen molar-refractivity contribution in [1.29, 1.82) is 0 Å². The fourth-order valence-corrected chi connectivity index (χ4v) is 11.3. The van der Waals surface area contributed by atoms with E-state index < -0.39 is 30.4 Å². The molecule has 0 aliphatic carbocycles. The number of nitrogens with zero attached hydrogens (tertiary/aromatic N) is 3. The molecule has 0 radical (unpaired) electrons. The molecule has 1 saturated heterocycles. The topological polar surface area (TPSA) is 200 Å². The summed E-state index contributed by atoms with van der Waals surface area (Å²) in [5.74, 6) is 0.446. The van der Waals surface area contributed by atoms with E-state index in [0.29, 0.717) is 45.8 Å². The number of hydrogen-bond donors (Lipinski definition) is 3. The highest BCUT2D eigenvalue weighted by Gasteiger charge is 2.41. The third kappa shape index (κ3) is 7.82. The fourth-order valence-electron chi connectivity index (χ4n) is 8.72. The monoisotopic (exact) mass is 902 g/mol. The number of rotatable bonds is 11. The Morgan fingerprint density at radius 3 is 1.93 bits per heavy atom. The number of allylic oxidation sites excluding steroid dienone is 2. The molecule has 3 aliphatic rings. The largest absolute Gasteiger partial charge is 0.467 e. The molecule has 14 nitrogen and oxygen atoms in total. The normalized spacial score (nSPS) is 19.0. The molecule has 1 aromatic heterocycles. The molecule has 4 aromatic carbocycles. The van der Waals surface area contributed by atoms with Gasteiger partial charge in [0.25, 0.3) is 36.8 Å². The molecule has 0 spiro atoms. The third-order valence-electron chi connectivity index (χ3n) is 11.6. The van der Waals surface area contributed by atoms with Gasteiger partial charge >= 0.3 is 0 Å². The van der Waals surface area contributed by atoms with Crippen molar-refractivity contribution in [3.63, 3.8) is 0 Å². The minimum atomic E-state index is -4.60. The quantitative estimate of drug-likeness (QED) is 0.0436. The lowest BCUT2D eigenvalue weighted by molar-refractivity contribution is -0.617. The molecule has 61 heavy (non-hydrogen) atoms. The predicted octanol–water partition coefficient (Wildman–Crippen LogP) is 6.35. The average Bonchev–Trinajstić information content (AvgIpc) is 3.51. The van der Waals surface area contributed by atoms with Crippen LogP contribution in [0.25, 0.3) is 33.5 Å². The first-order valence-corrected chi connectivity index (χ1v) is 24.2.